The summed E-state index contributed by atoms with van der Waals surface area (Å²) in [7, 11) is -3.67. The second-order valence-corrected chi connectivity index (χ2v) is 6.17. The van der Waals surface area contributed by atoms with E-state index in [1.54, 1.807) is 24.3 Å². The number of aryl methyl sites for hydroxylation is 1. The maximum Gasteiger partial charge on any atom is 0.257 e. The van der Waals surface area contributed by atoms with E-state index < -0.39 is 15.9 Å². The van der Waals surface area contributed by atoms with Crippen LogP contribution in [0, 0.1) is 0 Å². The van der Waals surface area contributed by atoms with E-state index in [-0.39, 0.29) is 11.6 Å². The Labute approximate surface area is 122 Å². The Morgan fingerprint density at radius 2 is 2.19 bits per heavy atom. The Balaban J connectivity index is 2.11. The number of carbonyl (C=O) groups excluding carboxylic acids is 1. The van der Waals surface area contributed by atoms with Gasteiger partial charge in [0.05, 0.1) is 6.20 Å². The summed E-state index contributed by atoms with van der Waals surface area (Å²) in [6.07, 6.45) is 1.90. The molecule has 0 aliphatic rings. The fraction of sp³-hybridized carbons (Fsp3) is 0.231. The van der Waals surface area contributed by atoms with Crippen molar-refractivity contribution in [2.24, 2.45) is 5.73 Å². The van der Waals surface area contributed by atoms with Crippen LogP contribution in [0.5, 0.6) is 0 Å². The van der Waals surface area contributed by atoms with Gasteiger partial charge >= 0.3 is 0 Å². The fourth-order valence-corrected chi connectivity index (χ4v) is 2.71. The average Bonchev–Trinajstić information content (AvgIpc) is 2.95. The number of hydrogen-bond acceptors (Lipinski definition) is 4. The molecule has 0 aliphatic carbocycles. The summed E-state index contributed by atoms with van der Waals surface area (Å²) in [4.78, 5) is 17.8. The summed E-state index contributed by atoms with van der Waals surface area (Å²) in [6.45, 7) is 1.93. The van der Waals surface area contributed by atoms with Gasteiger partial charge in [0.25, 0.3) is 10.0 Å². The zero-order valence-electron chi connectivity index (χ0n) is 11.5. The van der Waals surface area contributed by atoms with Crippen LogP contribution < -0.4 is 10.5 Å². The molecule has 2 rings (SSSR count). The molecule has 112 valence electrons. The molecule has 0 unspecified atom stereocenters. The molecule has 1 aromatic heterocycles. The molecule has 1 aromatic carbocycles. The van der Waals surface area contributed by atoms with Crippen LogP contribution in [0.25, 0.3) is 0 Å². The van der Waals surface area contributed by atoms with Crippen LogP contribution in [-0.2, 0) is 23.0 Å². The minimum Gasteiger partial charge on any atom is -0.366 e. The van der Waals surface area contributed by atoms with Crippen molar-refractivity contribution in [2.75, 3.05) is 0 Å². The largest absolute Gasteiger partial charge is 0.366 e. The lowest BCUT2D eigenvalue weighted by Crippen LogP contribution is -2.24. The van der Waals surface area contributed by atoms with Crippen LogP contribution in [0.1, 0.15) is 28.7 Å². The molecular formula is C13H16N4O3S. The molecule has 21 heavy (non-hydrogen) atoms. The molecule has 0 atom stereocenters. The Morgan fingerprint density at radius 3 is 2.81 bits per heavy atom. The first-order valence-electron chi connectivity index (χ1n) is 6.34. The molecule has 4 N–H and O–H groups in total. The number of nitrogens with zero attached hydrogens (tertiary/aromatic N) is 1. The lowest BCUT2D eigenvalue weighted by molar-refractivity contribution is 0.1000. The second-order valence-electron chi connectivity index (χ2n) is 4.44. The van der Waals surface area contributed by atoms with Crippen molar-refractivity contribution < 1.29 is 13.2 Å². The summed E-state index contributed by atoms with van der Waals surface area (Å²) in [5.41, 5.74) is 6.16. The van der Waals surface area contributed by atoms with E-state index in [1.807, 2.05) is 6.92 Å². The highest BCUT2D eigenvalue weighted by molar-refractivity contribution is 7.89. The van der Waals surface area contributed by atoms with Gasteiger partial charge in [0, 0.05) is 18.5 Å². The fourth-order valence-electron chi connectivity index (χ4n) is 1.75. The molecular weight excluding hydrogens is 292 g/mol. The maximum absolute atomic E-state index is 12.1. The van der Waals surface area contributed by atoms with Crippen LogP contribution in [0.2, 0.25) is 0 Å². The van der Waals surface area contributed by atoms with Crippen molar-refractivity contribution in [3.05, 3.63) is 47.4 Å². The van der Waals surface area contributed by atoms with Crippen molar-refractivity contribution in [1.29, 1.82) is 0 Å². The number of primary amides is 1. The van der Waals surface area contributed by atoms with Gasteiger partial charge in [-0.05, 0) is 17.7 Å². The molecule has 1 amide bonds. The summed E-state index contributed by atoms with van der Waals surface area (Å²) < 4.78 is 26.6. The van der Waals surface area contributed by atoms with Crippen LogP contribution in [-0.4, -0.2) is 24.3 Å². The number of amides is 1. The molecule has 0 bridgehead atoms. The first-order valence-corrected chi connectivity index (χ1v) is 7.83. The molecule has 0 saturated heterocycles. The number of benzene rings is 1. The summed E-state index contributed by atoms with van der Waals surface area (Å²) in [5, 5.41) is 0.0189. The zero-order chi connectivity index (χ0) is 15.5. The summed E-state index contributed by atoms with van der Waals surface area (Å²) in [6, 6.07) is 6.48. The first kappa shape index (κ1) is 15.2. The van der Waals surface area contributed by atoms with Gasteiger partial charge in [-0.15, -0.1) is 0 Å². The molecule has 8 heteroatoms. The van der Waals surface area contributed by atoms with Gasteiger partial charge in [-0.1, -0.05) is 19.1 Å². The number of carbonyl (C=O) groups is 1. The number of sulfonamides is 1. The van der Waals surface area contributed by atoms with Gasteiger partial charge in [-0.25, -0.2) is 18.1 Å². The minimum absolute atomic E-state index is 0.0189. The number of nitrogens with one attached hydrogen (secondary N) is 2. The molecule has 1 heterocycles. The van der Waals surface area contributed by atoms with E-state index in [0.717, 1.165) is 0 Å². The van der Waals surface area contributed by atoms with E-state index in [0.29, 0.717) is 23.4 Å². The van der Waals surface area contributed by atoms with Crippen molar-refractivity contribution in [3.8, 4) is 0 Å². The number of hydrogen-bond donors (Lipinski definition) is 3. The number of aromatic amines is 1. The van der Waals surface area contributed by atoms with Crippen molar-refractivity contribution >= 4 is 15.9 Å². The monoisotopic (exact) mass is 308 g/mol. The third-order valence-electron chi connectivity index (χ3n) is 2.91. The third kappa shape index (κ3) is 3.67. The number of aromatic nitrogens is 2. The third-order valence-corrected chi connectivity index (χ3v) is 4.22. The van der Waals surface area contributed by atoms with Crippen molar-refractivity contribution in [3.63, 3.8) is 0 Å². The van der Waals surface area contributed by atoms with Crippen LogP contribution >= 0.6 is 0 Å². The predicted molar refractivity (Wildman–Crippen MR) is 77.0 cm³/mol. The highest BCUT2D eigenvalue weighted by atomic mass is 32.2. The quantitative estimate of drug-likeness (QED) is 0.722. The Kier molecular flexibility index (Phi) is 4.39. The van der Waals surface area contributed by atoms with Gasteiger partial charge < -0.3 is 10.7 Å². The number of nitrogens with two attached hydrogens (primary N) is 1. The number of H-pyrrole nitrogens is 1. The molecule has 0 aliphatic heterocycles. The van der Waals surface area contributed by atoms with Gasteiger partial charge in [0.15, 0.2) is 5.03 Å². The Morgan fingerprint density at radius 1 is 1.43 bits per heavy atom. The van der Waals surface area contributed by atoms with Crippen LogP contribution in [0.4, 0.5) is 0 Å². The van der Waals surface area contributed by atoms with E-state index >= 15 is 0 Å². The standard InChI is InChI=1S/C13H16N4O3S/c1-2-11-15-8-12(17-11)21(19,20)16-7-9-4-3-5-10(6-9)13(14)18/h3-6,8,16H,2,7H2,1H3,(H2,14,18)(H,15,17). The highest BCUT2D eigenvalue weighted by Gasteiger charge is 2.16. The second kappa shape index (κ2) is 6.06. The zero-order valence-corrected chi connectivity index (χ0v) is 12.3. The predicted octanol–water partition coefficient (Wildman–Crippen LogP) is 0.549. The molecule has 0 radical (unpaired) electrons. The van der Waals surface area contributed by atoms with Gasteiger partial charge in [-0.2, -0.15) is 0 Å². The van der Waals surface area contributed by atoms with Crippen LogP contribution in [0.3, 0.4) is 0 Å². The Hall–Kier alpha value is -2.19. The number of rotatable bonds is 6. The Bertz CT molecular complexity index is 752. The molecule has 2 aromatic rings. The maximum atomic E-state index is 12.1. The van der Waals surface area contributed by atoms with E-state index in [1.165, 1.54) is 6.20 Å². The molecule has 7 nitrogen and oxygen atoms in total. The van der Waals surface area contributed by atoms with Gasteiger partial charge in [0.2, 0.25) is 5.91 Å². The lowest BCUT2D eigenvalue weighted by Gasteiger charge is -2.06. The minimum atomic E-state index is -3.67. The van der Waals surface area contributed by atoms with E-state index in [4.69, 9.17) is 5.73 Å². The first-order chi connectivity index (χ1) is 9.92. The normalized spacial score (nSPS) is 11.5. The van der Waals surface area contributed by atoms with E-state index in [9.17, 15) is 13.2 Å². The lowest BCUT2D eigenvalue weighted by atomic mass is 10.1. The highest BCUT2D eigenvalue weighted by Crippen LogP contribution is 2.09. The van der Waals surface area contributed by atoms with Crippen molar-refractivity contribution in [1.82, 2.24) is 14.7 Å². The van der Waals surface area contributed by atoms with Gasteiger partial charge in [-0.3, -0.25) is 4.79 Å². The summed E-state index contributed by atoms with van der Waals surface area (Å²) in [5.74, 6) is 0.0481. The van der Waals surface area contributed by atoms with Crippen LogP contribution in [0.15, 0.2) is 35.5 Å². The summed E-state index contributed by atoms with van der Waals surface area (Å²) >= 11 is 0. The SMILES string of the molecule is CCc1ncc(S(=O)(=O)NCc2cccc(C(N)=O)c2)[nH]1. The topological polar surface area (TPSA) is 118 Å². The molecule has 0 fully saturated rings. The number of imidazole rings is 1. The average molecular weight is 308 g/mol. The van der Waals surface area contributed by atoms with Gasteiger partial charge in [0.1, 0.15) is 5.82 Å². The van der Waals surface area contributed by atoms with Crippen molar-refractivity contribution in [2.45, 2.75) is 24.9 Å². The van der Waals surface area contributed by atoms with E-state index in [2.05, 4.69) is 14.7 Å². The molecule has 0 saturated carbocycles. The molecule has 0 spiro atoms. The smallest absolute Gasteiger partial charge is 0.257 e.